The van der Waals surface area contributed by atoms with Crippen LogP contribution in [0.2, 0.25) is 0 Å². The molecular formula is C29H38N4O2S. The van der Waals surface area contributed by atoms with Gasteiger partial charge in [0.15, 0.2) is 0 Å². The Morgan fingerprint density at radius 2 is 1.36 bits per heavy atom. The summed E-state index contributed by atoms with van der Waals surface area (Å²) in [7, 11) is -3.64. The molecule has 2 fully saturated rings. The lowest BCUT2D eigenvalue weighted by Crippen LogP contribution is -2.50. The zero-order chi connectivity index (χ0) is 25.3. The third-order valence-corrected chi connectivity index (χ3v) is 9.49. The van der Waals surface area contributed by atoms with Gasteiger partial charge in [-0.05, 0) is 24.0 Å². The lowest BCUT2D eigenvalue weighted by molar-refractivity contribution is 0.155. The van der Waals surface area contributed by atoms with Crippen molar-refractivity contribution in [1.29, 1.82) is 0 Å². The lowest BCUT2D eigenvalue weighted by atomic mass is 9.92. The fraction of sp³-hybridized carbons (Fsp3) is 0.483. The van der Waals surface area contributed by atoms with Crippen LogP contribution in [0.25, 0.3) is 0 Å². The summed E-state index contributed by atoms with van der Waals surface area (Å²) in [4.78, 5) is 2.79. The van der Waals surface area contributed by atoms with Gasteiger partial charge in [-0.2, -0.15) is 9.40 Å². The van der Waals surface area contributed by atoms with E-state index in [1.54, 1.807) is 4.31 Å². The second-order valence-electron chi connectivity index (χ2n) is 11.2. The number of nitrogens with zero attached hydrogens (tertiary/aromatic N) is 4. The molecule has 1 saturated carbocycles. The SMILES string of the molecule is CC(C)(C)c1nn(C2CCCC2)cc1S(=O)(=O)N1CCN(C(c2ccccc2)c2ccccc2)CC1. The van der Waals surface area contributed by atoms with Crippen molar-refractivity contribution >= 4 is 10.0 Å². The second kappa shape index (κ2) is 10.1. The van der Waals surface area contributed by atoms with Crippen molar-refractivity contribution in [1.82, 2.24) is 19.0 Å². The molecule has 0 amide bonds. The van der Waals surface area contributed by atoms with Crippen molar-refractivity contribution in [2.24, 2.45) is 0 Å². The molecule has 0 bridgehead atoms. The van der Waals surface area contributed by atoms with Gasteiger partial charge in [-0.1, -0.05) is 94.3 Å². The molecule has 1 aromatic heterocycles. The number of sulfonamides is 1. The molecule has 0 radical (unpaired) electrons. The fourth-order valence-electron chi connectivity index (χ4n) is 5.67. The van der Waals surface area contributed by atoms with Gasteiger partial charge in [-0.3, -0.25) is 9.58 Å². The Kier molecular flexibility index (Phi) is 7.07. The van der Waals surface area contributed by atoms with Crippen LogP contribution in [0.4, 0.5) is 0 Å². The lowest BCUT2D eigenvalue weighted by Gasteiger charge is -2.39. The van der Waals surface area contributed by atoms with Crippen molar-refractivity contribution in [3.8, 4) is 0 Å². The van der Waals surface area contributed by atoms with Gasteiger partial charge in [-0.25, -0.2) is 8.42 Å². The molecule has 1 aliphatic heterocycles. The second-order valence-corrected chi connectivity index (χ2v) is 13.1. The summed E-state index contributed by atoms with van der Waals surface area (Å²) in [6.45, 7) is 8.44. The summed E-state index contributed by atoms with van der Waals surface area (Å²) in [5.41, 5.74) is 2.80. The highest BCUT2D eigenvalue weighted by molar-refractivity contribution is 7.89. The van der Waals surface area contributed by atoms with Gasteiger partial charge in [0.1, 0.15) is 4.90 Å². The van der Waals surface area contributed by atoms with Gasteiger partial charge in [0, 0.05) is 37.8 Å². The monoisotopic (exact) mass is 506 g/mol. The van der Waals surface area contributed by atoms with E-state index in [2.05, 4.69) is 74.2 Å². The van der Waals surface area contributed by atoms with E-state index in [0.717, 1.165) is 12.8 Å². The van der Waals surface area contributed by atoms with Crippen LogP contribution in [0.15, 0.2) is 71.8 Å². The summed E-state index contributed by atoms with van der Waals surface area (Å²) in [5.74, 6) is 0. The van der Waals surface area contributed by atoms with Crippen LogP contribution in [0.3, 0.4) is 0 Å². The Hall–Kier alpha value is -2.48. The van der Waals surface area contributed by atoms with Crippen LogP contribution >= 0.6 is 0 Å². The highest BCUT2D eigenvalue weighted by Gasteiger charge is 2.37. The summed E-state index contributed by atoms with van der Waals surface area (Å²) < 4.78 is 31.5. The third kappa shape index (κ3) is 5.01. The Morgan fingerprint density at radius 3 is 1.86 bits per heavy atom. The summed E-state index contributed by atoms with van der Waals surface area (Å²) in [6.07, 6.45) is 6.33. The van der Waals surface area contributed by atoms with Crippen molar-refractivity contribution < 1.29 is 8.42 Å². The maximum Gasteiger partial charge on any atom is 0.246 e. The van der Waals surface area contributed by atoms with E-state index in [0.29, 0.717) is 42.8 Å². The van der Waals surface area contributed by atoms with E-state index in [4.69, 9.17) is 5.10 Å². The molecule has 2 aliphatic rings. The molecule has 0 spiro atoms. The molecular weight excluding hydrogens is 468 g/mol. The van der Waals surface area contributed by atoms with Crippen molar-refractivity contribution in [3.05, 3.63) is 83.7 Å². The summed E-state index contributed by atoms with van der Waals surface area (Å²) in [6, 6.07) is 21.4. The zero-order valence-electron chi connectivity index (χ0n) is 21.7. The molecule has 0 atom stereocenters. The predicted molar refractivity (Wildman–Crippen MR) is 143 cm³/mol. The van der Waals surface area contributed by atoms with Crippen LogP contribution in [0.1, 0.15) is 75.4 Å². The van der Waals surface area contributed by atoms with Crippen molar-refractivity contribution in [2.45, 2.75) is 68.8 Å². The van der Waals surface area contributed by atoms with E-state index in [1.165, 1.54) is 24.0 Å². The molecule has 5 rings (SSSR count). The third-order valence-electron chi connectivity index (χ3n) is 7.59. The first-order valence-electron chi connectivity index (χ1n) is 13.2. The molecule has 1 aliphatic carbocycles. The number of hydrogen-bond donors (Lipinski definition) is 0. The van der Waals surface area contributed by atoms with E-state index >= 15 is 0 Å². The van der Waals surface area contributed by atoms with Gasteiger partial charge in [-0.15, -0.1) is 0 Å². The minimum absolute atomic E-state index is 0.104. The Labute approximate surface area is 216 Å². The van der Waals surface area contributed by atoms with Crippen LogP contribution in [0.5, 0.6) is 0 Å². The van der Waals surface area contributed by atoms with Gasteiger partial charge in [0.2, 0.25) is 10.0 Å². The first-order valence-corrected chi connectivity index (χ1v) is 14.6. The van der Waals surface area contributed by atoms with Crippen molar-refractivity contribution in [3.63, 3.8) is 0 Å². The van der Waals surface area contributed by atoms with Crippen LogP contribution < -0.4 is 0 Å². The Bertz CT molecular complexity index is 1210. The van der Waals surface area contributed by atoms with Crippen LogP contribution in [-0.2, 0) is 15.4 Å². The number of benzene rings is 2. The van der Waals surface area contributed by atoms with Crippen molar-refractivity contribution in [2.75, 3.05) is 26.2 Å². The maximum atomic E-state index is 14.0. The van der Waals surface area contributed by atoms with E-state index in [9.17, 15) is 8.42 Å². The van der Waals surface area contributed by atoms with Gasteiger partial charge < -0.3 is 0 Å². The highest BCUT2D eigenvalue weighted by Crippen LogP contribution is 2.36. The first-order chi connectivity index (χ1) is 17.2. The minimum Gasteiger partial charge on any atom is -0.290 e. The fourth-order valence-corrected chi connectivity index (χ4v) is 7.42. The quantitative estimate of drug-likeness (QED) is 0.450. The van der Waals surface area contributed by atoms with E-state index in [1.807, 2.05) is 23.0 Å². The molecule has 0 unspecified atom stereocenters. The standard InChI is InChI=1S/C29H38N4O2S/c1-29(2,3)28-26(22-33(30-28)25-16-10-11-17-25)36(34,35)32-20-18-31(19-21-32)27(23-12-6-4-7-13-23)24-14-8-5-9-15-24/h4-9,12-15,22,25,27H,10-11,16-21H2,1-3H3. The molecule has 36 heavy (non-hydrogen) atoms. The molecule has 192 valence electrons. The number of rotatable bonds is 6. The summed E-state index contributed by atoms with van der Waals surface area (Å²) in [5, 5.41) is 4.85. The average molecular weight is 507 g/mol. The molecule has 1 saturated heterocycles. The van der Waals surface area contributed by atoms with Crippen LogP contribution in [0, 0.1) is 0 Å². The highest BCUT2D eigenvalue weighted by atomic mass is 32.2. The number of aromatic nitrogens is 2. The predicted octanol–water partition coefficient (Wildman–Crippen LogP) is 5.39. The molecule has 0 N–H and O–H groups in total. The van der Waals surface area contributed by atoms with E-state index < -0.39 is 10.0 Å². The molecule has 2 aromatic carbocycles. The average Bonchev–Trinajstić information content (AvgIpc) is 3.57. The van der Waals surface area contributed by atoms with Crippen LogP contribution in [-0.4, -0.2) is 53.6 Å². The zero-order valence-corrected chi connectivity index (χ0v) is 22.5. The topological polar surface area (TPSA) is 58.4 Å². The van der Waals surface area contributed by atoms with E-state index in [-0.39, 0.29) is 11.5 Å². The summed E-state index contributed by atoms with van der Waals surface area (Å²) >= 11 is 0. The minimum atomic E-state index is -3.64. The normalized spacial score (nSPS) is 18.8. The molecule has 2 heterocycles. The largest absolute Gasteiger partial charge is 0.290 e. The number of hydrogen-bond acceptors (Lipinski definition) is 4. The maximum absolute atomic E-state index is 14.0. The first kappa shape index (κ1) is 25.2. The molecule has 3 aromatic rings. The number of piperazine rings is 1. The van der Waals surface area contributed by atoms with Gasteiger partial charge >= 0.3 is 0 Å². The Morgan fingerprint density at radius 1 is 0.833 bits per heavy atom. The molecule has 6 nitrogen and oxygen atoms in total. The Balaban J connectivity index is 1.40. The molecule has 7 heteroatoms. The van der Waals surface area contributed by atoms with Gasteiger partial charge in [0.05, 0.1) is 17.8 Å². The van der Waals surface area contributed by atoms with Gasteiger partial charge in [0.25, 0.3) is 0 Å². The smallest absolute Gasteiger partial charge is 0.246 e.